The lowest BCUT2D eigenvalue weighted by Gasteiger charge is -2.18. The van der Waals surface area contributed by atoms with E-state index in [2.05, 4.69) is 20.6 Å². The van der Waals surface area contributed by atoms with Crippen molar-refractivity contribution in [3.8, 4) is 0 Å². The van der Waals surface area contributed by atoms with Gasteiger partial charge in [0.25, 0.3) is 0 Å². The predicted molar refractivity (Wildman–Crippen MR) is 63.0 cm³/mol. The molecule has 7 heteroatoms. The molecule has 7 nitrogen and oxygen atoms in total. The lowest BCUT2D eigenvalue weighted by Crippen LogP contribution is -2.25. The highest BCUT2D eigenvalue weighted by Gasteiger charge is 2.32. The fraction of sp³-hybridized carbons (Fsp3) is 0.545. The van der Waals surface area contributed by atoms with Crippen LogP contribution in [-0.4, -0.2) is 32.6 Å². The SMILES string of the molecule is Cc1nnc(N[C@H]2CCO[C@@H]2c2ccnn2C)o1. The number of nitrogens with zero attached hydrogens (tertiary/aromatic N) is 4. The molecule has 0 unspecified atom stereocenters. The maximum atomic E-state index is 5.76. The van der Waals surface area contributed by atoms with Crippen molar-refractivity contribution < 1.29 is 9.15 Å². The third-order valence-corrected chi connectivity index (χ3v) is 3.08. The third kappa shape index (κ3) is 1.97. The predicted octanol–water partition coefficient (Wildman–Crippen LogP) is 1.05. The largest absolute Gasteiger partial charge is 0.408 e. The summed E-state index contributed by atoms with van der Waals surface area (Å²) in [6.45, 7) is 2.47. The first-order chi connectivity index (χ1) is 8.74. The average Bonchev–Trinajstić information content (AvgIpc) is 3.02. The zero-order chi connectivity index (χ0) is 12.5. The molecule has 1 saturated heterocycles. The van der Waals surface area contributed by atoms with E-state index in [1.165, 1.54) is 0 Å². The minimum absolute atomic E-state index is 0.0373. The van der Waals surface area contributed by atoms with Crippen molar-refractivity contribution in [2.45, 2.75) is 25.5 Å². The molecule has 3 heterocycles. The average molecular weight is 249 g/mol. The van der Waals surface area contributed by atoms with Crippen molar-refractivity contribution in [2.75, 3.05) is 11.9 Å². The smallest absolute Gasteiger partial charge is 0.315 e. The number of aromatic nitrogens is 4. The normalized spacial score (nSPS) is 23.4. The minimum Gasteiger partial charge on any atom is -0.408 e. The lowest BCUT2D eigenvalue weighted by molar-refractivity contribution is 0.101. The van der Waals surface area contributed by atoms with Crippen molar-refractivity contribution in [1.82, 2.24) is 20.0 Å². The highest BCUT2D eigenvalue weighted by atomic mass is 16.5. The highest BCUT2D eigenvalue weighted by molar-refractivity contribution is 5.24. The van der Waals surface area contributed by atoms with Crippen molar-refractivity contribution in [1.29, 1.82) is 0 Å². The van der Waals surface area contributed by atoms with Gasteiger partial charge in [0.1, 0.15) is 6.10 Å². The number of rotatable bonds is 3. The monoisotopic (exact) mass is 249 g/mol. The molecule has 0 amide bonds. The Kier molecular flexibility index (Phi) is 2.75. The lowest BCUT2D eigenvalue weighted by atomic mass is 10.1. The summed E-state index contributed by atoms with van der Waals surface area (Å²) in [7, 11) is 1.91. The Morgan fingerprint density at radius 2 is 2.33 bits per heavy atom. The maximum absolute atomic E-state index is 5.76. The summed E-state index contributed by atoms with van der Waals surface area (Å²) in [6, 6.07) is 2.53. The van der Waals surface area contributed by atoms with Crippen LogP contribution in [0.4, 0.5) is 6.01 Å². The van der Waals surface area contributed by atoms with E-state index in [-0.39, 0.29) is 12.1 Å². The highest BCUT2D eigenvalue weighted by Crippen LogP contribution is 2.30. The Hall–Kier alpha value is -1.89. The Morgan fingerprint density at radius 1 is 1.44 bits per heavy atom. The molecule has 1 aliphatic rings. The minimum atomic E-state index is -0.0373. The van der Waals surface area contributed by atoms with Gasteiger partial charge in [-0.1, -0.05) is 5.10 Å². The first kappa shape index (κ1) is 11.2. The molecule has 1 fully saturated rings. The van der Waals surface area contributed by atoms with Gasteiger partial charge < -0.3 is 14.5 Å². The van der Waals surface area contributed by atoms with Gasteiger partial charge in [0.15, 0.2) is 0 Å². The third-order valence-electron chi connectivity index (χ3n) is 3.08. The molecule has 0 saturated carbocycles. The van der Waals surface area contributed by atoms with Crippen LogP contribution in [0.1, 0.15) is 24.1 Å². The van der Waals surface area contributed by atoms with Crippen molar-refractivity contribution >= 4 is 6.01 Å². The van der Waals surface area contributed by atoms with Crippen molar-refractivity contribution in [3.05, 3.63) is 23.8 Å². The van der Waals surface area contributed by atoms with Crippen LogP contribution >= 0.6 is 0 Å². The van der Waals surface area contributed by atoms with Crippen molar-refractivity contribution in [3.63, 3.8) is 0 Å². The summed E-state index contributed by atoms with van der Waals surface area (Å²) in [6.07, 6.45) is 2.63. The number of ether oxygens (including phenoxy) is 1. The topological polar surface area (TPSA) is 78.0 Å². The Balaban J connectivity index is 1.77. The first-order valence-electron chi connectivity index (χ1n) is 5.90. The van der Waals surface area contributed by atoms with Gasteiger partial charge in [0.05, 0.1) is 11.7 Å². The van der Waals surface area contributed by atoms with Gasteiger partial charge in [0, 0.05) is 26.8 Å². The molecule has 1 N–H and O–H groups in total. The molecule has 96 valence electrons. The van der Waals surface area contributed by atoms with Gasteiger partial charge in [-0.2, -0.15) is 5.10 Å². The zero-order valence-electron chi connectivity index (χ0n) is 10.3. The number of nitrogens with one attached hydrogen (secondary N) is 1. The van der Waals surface area contributed by atoms with Gasteiger partial charge >= 0.3 is 6.01 Å². The standard InChI is InChI=1S/C11H15N5O2/c1-7-14-15-11(18-7)13-8-4-6-17-10(8)9-3-5-12-16(9)2/h3,5,8,10H,4,6H2,1-2H3,(H,13,15)/t8-,10-/m0/s1. The molecule has 3 rings (SSSR count). The van der Waals surface area contributed by atoms with Gasteiger partial charge in [-0.3, -0.25) is 4.68 Å². The summed E-state index contributed by atoms with van der Waals surface area (Å²) in [4.78, 5) is 0. The summed E-state index contributed by atoms with van der Waals surface area (Å²) in [5, 5.41) is 15.1. The van der Waals surface area contributed by atoms with Gasteiger partial charge in [0.2, 0.25) is 5.89 Å². The van der Waals surface area contributed by atoms with Crippen LogP contribution in [0.3, 0.4) is 0 Å². The molecule has 0 aromatic carbocycles. The summed E-state index contributed by atoms with van der Waals surface area (Å²) < 4.78 is 12.9. The Morgan fingerprint density at radius 3 is 3.00 bits per heavy atom. The molecule has 2 atom stereocenters. The molecule has 0 radical (unpaired) electrons. The molecular weight excluding hydrogens is 234 g/mol. The van der Waals surface area contributed by atoms with Crippen molar-refractivity contribution in [2.24, 2.45) is 7.05 Å². The fourth-order valence-electron chi connectivity index (χ4n) is 2.21. The molecule has 0 aliphatic carbocycles. The fourth-order valence-corrected chi connectivity index (χ4v) is 2.21. The second kappa shape index (κ2) is 4.41. The molecule has 2 aromatic heterocycles. The van der Waals surface area contributed by atoms with Crippen LogP contribution in [0.15, 0.2) is 16.7 Å². The van der Waals surface area contributed by atoms with E-state index in [1.54, 1.807) is 13.1 Å². The number of anilines is 1. The number of hydrogen-bond donors (Lipinski definition) is 1. The molecule has 18 heavy (non-hydrogen) atoms. The summed E-state index contributed by atoms with van der Waals surface area (Å²) in [5.74, 6) is 0.550. The second-order valence-electron chi connectivity index (χ2n) is 4.34. The van der Waals surface area contributed by atoms with Crippen LogP contribution in [0, 0.1) is 6.92 Å². The maximum Gasteiger partial charge on any atom is 0.315 e. The number of aryl methyl sites for hydroxylation is 2. The van der Waals surface area contributed by atoms with E-state index in [0.29, 0.717) is 18.5 Å². The van der Waals surface area contributed by atoms with Crippen LogP contribution in [0.2, 0.25) is 0 Å². The second-order valence-corrected chi connectivity index (χ2v) is 4.34. The molecule has 1 aliphatic heterocycles. The van der Waals surface area contributed by atoms with E-state index in [0.717, 1.165) is 12.1 Å². The van der Waals surface area contributed by atoms with Crippen LogP contribution in [0.25, 0.3) is 0 Å². The molecule has 0 spiro atoms. The van der Waals surface area contributed by atoms with Gasteiger partial charge in [-0.05, 0) is 12.5 Å². The van der Waals surface area contributed by atoms with Gasteiger partial charge in [-0.15, -0.1) is 5.10 Å². The van der Waals surface area contributed by atoms with Crippen LogP contribution in [-0.2, 0) is 11.8 Å². The molecular formula is C11H15N5O2. The van der Waals surface area contributed by atoms with Gasteiger partial charge in [-0.25, -0.2) is 0 Å². The van der Waals surface area contributed by atoms with Crippen LogP contribution in [0.5, 0.6) is 0 Å². The number of hydrogen-bond acceptors (Lipinski definition) is 6. The van der Waals surface area contributed by atoms with E-state index >= 15 is 0 Å². The van der Waals surface area contributed by atoms with E-state index in [1.807, 2.05) is 17.8 Å². The summed E-state index contributed by atoms with van der Waals surface area (Å²) >= 11 is 0. The molecule has 0 bridgehead atoms. The van der Waals surface area contributed by atoms with Crippen LogP contribution < -0.4 is 5.32 Å². The van der Waals surface area contributed by atoms with E-state index in [9.17, 15) is 0 Å². The Bertz CT molecular complexity index is 535. The van der Waals surface area contributed by atoms with E-state index < -0.39 is 0 Å². The van der Waals surface area contributed by atoms with E-state index in [4.69, 9.17) is 9.15 Å². The first-order valence-corrected chi connectivity index (χ1v) is 5.90. The Labute approximate surface area is 104 Å². The molecule has 2 aromatic rings. The zero-order valence-corrected chi connectivity index (χ0v) is 10.3. The quantitative estimate of drug-likeness (QED) is 0.876. The summed E-state index contributed by atoms with van der Waals surface area (Å²) in [5.41, 5.74) is 1.04.